The molecule has 208 valence electrons. The molecule has 42 heavy (non-hydrogen) atoms. The summed E-state index contributed by atoms with van der Waals surface area (Å²) in [6.07, 6.45) is 3.41. The molecule has 3 nitrogen and oxygen atoms in total. The number of hydrogen-bond acceptors (Lipinski definition) is 3. The highest BCUT2D eigenvalue weighted by Crippen LogP contribution is 2.41. The SMILES string of the molecule is Cc1cc(C)c(C(c2ccc(N(c3ccc4ccccc4c3)c3ccncn3)cc2)c2c(C)cc(C)cc2C)c(C)c1. The van der Waals surface area contributed by atoms with Crippen molar-refractivity contribution in [2.45, 2.75) is 47.5 Å². The molecule has 0 atom stereocenters. The van der Waals surface area contributed by atoms with E-state index in [4.69, 9.17) is 0 Å². The molecule has 0 saturated heterocycles. The van der Waals surface area contributed by atoms with Gasteiger partial charge in [-0.1, -0.05) is 77.9 Å². The summed E-state index contributed by atoms with van der Waals surface area (Å²) in [5, 5.41) is 2.41. The van der Waals surface area contributed by atoms with E-state index in [1.165, 1.54) is 60.8 Å². The third kappa shape index (κ3) is 5.19. The Hall–Kier alpha value is -4.76. The zero-order chi connectivity index (χ0) is 29.4. The number of hydrogen-bond donors (Lipinski definition) is 0. The summed E-state index contributed by atoms with van der Waals surface area (Å²) < 4.78 is 0. The van der Waals surface area contributed by atoms with Gasteiger partial charge in [0.15, 0.2) is 0 Å². The summed E-state index contributed by atoms with van der Waals surface area (Å²) in [5.74, 6) is 0.966. The van der Waals surface area contributed by atoms with Crippen molar-refractivity contribution in [3.05, 3.63) is 160 Å². The minimum atomic E-state index is 0.133. The first-order valence-electron chi connectivity index (χ1n) is 14.6. The van der Waals surface area contributed by atoms with E-state index in [0.29, 0.717) is 0 Å². The molecule has 1 heterocycles. The van der Waals surface area contributed by atoms with Crippen molar-refractivity contribution in [2.24, 2.45) is 0 Å². The predicted octanol–water partition coefficient (Wildman–Crippen LogP) is 10.1. The van der Waals surface area contributed by atoms with Crippen LogP contribution in [0.15, 0.2) is 110 Å². The van der Waals surface area contributed by atoms with Crippen LogP contribution in [0, 0.1) is 41.5 Å². The molecule has 0 saturated carbocycles. The lowest BCUT2D eigenvalue weighted by Gasteiger charge is -2.28. The van der Waals surface area contributed by atoms with Gasteiger partial charge >= 0.3 is 0 Å². The summed E-state index contributed by atoms with van der Waals surface area (Å²) in [6, 6.07) is 35.3. The number of nitrogens with zero attached hydrogens (tertiary/aromatic N) is 3. The molecular weight excluding hydrogens is 510 g/mol. The molecule has 1 aromatic heterocycles. The molecule has 0 radical (unpaired) electrons. The Bertz CT molecular complexity index is 1780. The summed E-state index contributed by atoms with van der Waals surface area (Å²) in [6.45, 7) is 13.4. The predicted molar refractivity (Wildman–Crippen MR) is 176 cm³/mol. The van der Waals surface area contributed by atoms with Crippen LogP contribution in [0.2, 0.25) is 0 Å². The van der Waals surface area contributed by atoms with Crippen molar-refractivity contribution in [1.82, 2.24) is 9.97 Å². The lowest BCUT2D eigenvalue weighted by molar-refractivity contribution is 0.919. The van der Waals surface area contributed by atoms with Gasteiger partial charge in [-0.3, -0.25) is 4.90 Å². The van der Waals surface area contributed by atoms with Crippen LogP contribution < -0.4 is 4.90 Å². The van der Waals surface area contributed by atoms with Crippen LogP contribution in [0.5, 0.6) is 0 Å². The molecule has 0 amide bonds. The Morgan fingerprint density at radius 1 is 0.548 bits per heavy atom. The lowest BCUT2D eigenvalue weighted by Crippen LogP contribution is -2.13. The smallest absolute Gasteiger partial charge is 0.140 e. The second-order valence-electron chi connectivity index (χ2n) is 11.6. The van der Waals surface area contributed by atoms with E-state index in [1.54, 1.807) is 12.5 Å². The molecule has 0 aliphatic rings. The first-order valence-corrected chi connectivity index (χ1v) is 14.6. The molecule has 6 rings (SSSR count). The second-order valence-corrected chi connectivity index (χ2v) is 11.6. The molecule has 0 spiro atoms. The van der Waals surface area contributed by atoms with Crippen molar-refractivity contribution in [2.75, 3.05) is 4.90 Å². The van der Waals surface area contributed by atoms with Crippen LogP contribution in [-0.2, 0) is 0 Å². The minimum absolute atomic E-state index is 0.133. The molecule has 5 aromatic carbocycles. The van der Waals surface area contributed by atoms with Gasteiger partial charge in [0.1, 0.15) is 12.1 Å². The average Bonchev–Trinajstić information content (AvgIpc) is 2.96. The number of fused-ring (bicyclic) bond motifs is 1. The minimum Gasteiger partial charge on any atom is -0.295 e. The molecule has 0 fully saturated rings. The van der Waals surface area contributed by atoms with Crippen LogP contribution in [0.3, 0.4) is 0 Å². The molecule has 0 bridgehead atoms. The molecule has 0 aliphatic carbocycles. The molecule has 3 heteroatoms. The number of benzene rings is 5. The Kier molecular flexibility index (Phi) is 7.34. The van der Waals surface area contributed by atoms with Crippen LogP contribution in [0.1, 0.15) is 56.0 Å². The third-order valence-corrected chi connectivity index (χ3v) is 8.32. The lowest BCUT2D eigenvalue weighted by atomic mass is 9.77. The van der Waals surface area contributed by atoms with Gasteiger partial charge in [-0.25, -0.2) is 9.97 Å². The van der Waals surface area contributed by atoms with Crippen LogP contribution in [0.4, 0.5) is 17.2 Å². The van der Waals surface area contributed by atoms with Crippen LogP contribution in [0.25, 0.3) is 10.8 Å². The fraction of sp³-hybridized carbons (Fsp3) is 0.179. The highest BCUT2D eigenvalue weighted by molar-refractivity contribution is 5.88. The normalized spacial score (nSPS) is 11.3. The second kappa shape index (κ2) is 11.3. The van der Waals surface area contributed by atoms with E-state index in [2.05, 4.69) is 147 Å². The first-order chi connectivity index (χ1) is 20.3. The highest BCUT2D eigenvalue weighted by atomic mass is 15.2. The van der Waals surface area contributed by atoms with E-state index in [1.807, 2.05) is 6.07 Å². The van der Waals surface area contributed by atoms with E-state index in [-0.39, 0.29) is 5.92 Å². The standard InChI is InChI=1S/C39H37N3/c1-25-19-27(3)37(28(4)20-25)39(38-29(5)21-26(2)22-30(38)6)32-12-14-34(15-13-32)42(36-17-18-40-24-41-36)35-16-11-31-9-7-8-10-33(31)23-35/h7-24,39H,1-6H3. The summed E-state index contributed by atoms with van der Waals surface area (Å²) in [5.41, 5.74) is 14.1. The van der Waals surface area contributed by atoms with E-state index < -0.39 is 0 Å². The van der Waals surface area contributed by atoms with Crippen molar-refractivity contribution in [3.8, 4) is 0 Å². The number of anilines is 3. The Morgan fingerprint density at radius 2 is 1.10 bits per heavy atom. The van der Waals surface area contributed by atoms with E-state index in [0.717, 1.165) is 17.2 Å². The maximum atomic E-state index is 4.64. The number of rotatable bonds is 6. The largest absolute Gasteiger partial charge is 0.295 e. The van der Waals surface area contributed by atoms with Gasteiger partial charge in [-0.2, -0.15) is 0 Å². The number of aryl methyl sites for hydroxylation is 6. The third-order valence-electron chi connectivity index (χ3n) is 8.32. The number of aromatic nitrogens is 2. The molecule has 0 aliphatic heterocycles. The summed E-state index contributed by atoms with van der Waals surface area (Å²) in [4.78, 5) is 11.0. The fourth-order valence-corrected chi connectivity index (χ4v) is 6.73. The van der Waals surface area contributed by atoms with Crippen molar-refractivity contribution in [1.29, 1.82) is 0 Å². The summed E-state index contributed by atoms with van der Waals surface area (Å²) >= 11 is 0. The van der Waals surface area contributed by atoms with Gasteiger partial charge in [-0.15, -0.1) is 0 Å². The van der Waals surface area contributed by atoms with E-state index >= 15 is 0 Å². The molecule has 0 N–H and O–H groups in total. The van der Waals surface area contributed by atoms with Gasteiger partial charge in [-0.05, 0) is 122 Å². The quantitative estimate of drug-likeness (QED) is 0.194. The van der Waals surface area contributed by atoms with Gasteiger partial charge in [0.25, 0.3) is 0 Å². The van der Waals surface area contributed by atoms with Gasteiger partial charge < -0.3 is 0 Å². The molecule has 6 aromatic rings. The van der Waals surface area contributed by atoms with Crippen LogP contribution >= 0.6 is 0 Å². The topological polar surface area (TPSA) is 29.0 Å². The first kappa shape index (κ1) is 27.4. The molecule has 0 unspecified atom stereocenters. The van der Waals surface area contributed by atoms with Gasteiger partial charge in [0.05, 0.1) is 0 Å². The zero-order valence-electron chi connectivity index (χ0n) is 25.3. The maximum Gasteiger partial charge on any atom is 0.140 e. The fourth-order valence-electron chi connectivity index (χ4n) is 6.73. The van der Waals surface area contributed by atoms with Crippen molar-refractivity contribution in [3.63, 3.8) is 0 Å². The van der Waals surface area contributed by atoms with Crippen LogP contribution in [-0.4, -0.2) is 9.97 Å². The maximum absolute atomic E-state index is 4.64. The average molecular weight is 548 g/mol. The van der Waals surface area contributed by atoms with Crippen molar-refractivity contribution < 1.29 is 0 Å². The van der Waals surface area contributed by atoms with Gasteiger partial charge in [0.2, 0.25) is 0 Å². The van der Waals surface area contributed by atoms with Crippen molar-refractivity contribution >= 4 is 28.0 Å². The summed E-state index contributed by atoms with van der Waals surface area (Å²) in [7, 11) is 0. The zero-order valence-corrected chi connectivity index (χ0v) is 25.3. The Balaban J connectivity index is 1.51. The monoisotopic (exact) mass is 547 g/mol. The Morgan fingerprint density at radius 3 is 1.64 bits per heavy atom. The van der Waals surface area contributed by atoms with Gasteiger partial charge in [0, 0.05) is 23.5 Å². The Labute approximate surface area is 249 Å². The molecular formula is C39H37N3. The highest BCUT2D eigenvalue weighted by Gasteiger charge is 2.25. The van der Waals surface area contributed by atoms with E-state index in [9.17, 15) is 0 Å².